The number of alkyl halides is 9. The molecular weight excluding hydrogens is 675 g/mol. The lowest BCUT2D eigenvalue weighted by Gasteiger charge is -2.29. The molecule has 1 saturated heterocycles. The number of nitrogens with zero attached hydrogens (tertiary/aromatic N) is 5. The second-order valence-corrected chi connectivity index (χ2v) is 11.5. The number of thiol groups is 1. The van der Waals surface area contributed by atoms with Crippen LogP contribution in [-0.2, 0) is 36.9 Å². The van der Waals surface area contributed by atoms with Gasteiger partial charge in [0, 0.05) is 50.0 Å². The quantitative estimate of drug-likeness (QED) is 0.101. The molecule has 0 atom stereocenters. The first-order chi connectivity index (χ1) is 22.4. The molecule has 1 aliphatic heterocycles. The van der Waals surface area contributed by atoms with Crippen molar-refractivity contribution in [2.24, 2.45) is 18.0 Å². The van der Waals surface area contributed by atoms with Gasteiger partial charge in [-0.05, 0) is 67.5 Å². The molecule has 17 heteroatoms. The van der Waals surface area contributed by atoms with Crippen molar-refractivity contribution in [3.63, 3.8) is 0 Å². The van der Waals surface area contributed by atoms with Crippen LogP contribution in [0.15, 0.2) is 52.4 Å². The van der Waals surface area contributed by atoms with Crippen molar-refractivity contribution < 1.29 is 44.3 Å². The fraction of sp³-hybridized carbons (Fsp3) is 0.484. The van der Waals surface area contributed by atoms with Gasteiger partial charge in [0.1, 0.15) is 0 Å². The molecule has 1 aromatic heterocycles. The third-order valence-corrected chi connectivity index (χ3v) is 7.91. The largest absolute Gasteiger partial charge is 0.416 e. The van der Waals surface area contributed by atoms with Gasteiger partial charge in [0.15, 0.2) is 0 Å². The van der Waals surface area contributed by atoms with Gasteiger partial charge in [-0.25, -0.2) is 0 Å². The van der Waals surface area contributed by atoms with E-state index >= 15 is 0 Å². The molecule has 2 aromatic carbocycles. The maximum atomic E-state index is 13.6. The summed E-state index contributed by atoms with van der Waals surface area (Å²) < 4.78 is 118. The molecule has 1 fully saturated rings. The minimum Gasteiger partial charge on any atom is -0.381 e. The predicted octanol–water partition coefficient (Wildman–Crippen LogP) is 8.60. The summed E-state index contributed by atoms with van der Waals surface area (Å²) in [6.45, 7) is 6.10. The molecule has 0 amide bonds. The molecule has 0 unspecified atom stereocenters. The molecule has 2 N–H and O–H groups in total. The van der Waals surface area contributed by atoms with E-state index in [4.69, 9.17) is 15.6 Å². The van der Waals surface area contributed by atoms with E-state index < -0.39 is 35.2 Å². The average Bonchev–Trinajstić information content (AvgIpc) is 3.03. The van der Waals surface area contributed by atoms with Gasteiger partial charge >= 0.3 is 18.5 Å². The molecule has 0 radical (unpaired) electrons. The maximum absolute atomic E-state index is 13.6. The summed E-state index contributed by atoms with van der Waals surface area (Å²) in [5.74, 6) is 6.77. The van der Waals surface area contributed by atoms with Crippen molar-refractivity contribution in [2.75, 3.05) is 30.5 Å². The van der Waals surface area contributed by atoms with E-state index in [2.05, 4.69) is 17.7 Å². The first-order valence-electron chi connectivity index (χ1n) is 15.0. The summed E-state index contributed by atoms with van der Waals surface area (Å²) in [5, 5.41) is 4.30. The van der Waals surface area contributed by atoms with E-state index in [0.29, 0.717) is 66.0 Å². The summed E-state index contributed by atoms with van der Waals surface area (Å²) in [6, 6.07) is 5.80. The van der Waals surface area contributed by atoms with E-state index in [-0.39, 0.29) is 18.5 Å². The molecule has 4 rings (SSSR count). The highest BCUT2D eigenvalue weighted by Gasteiger charge is 2.36. The van der Waals surface area contributed by atoms with Crippen molar-refractivity contribution in [1.29, 1.82) is 0 Å². The van der Waals surface area contributed by atoms with Crippen molar-refractivity contribution in [3.05, 3.63) is 75.2 Å². The smallest absolute Gasteiger partial charge is 0.381 e. The van der Waals surface area contributed by atoms with Crippen LogP contribution >= 0.6 is 12.6 Å². The zero-order chi connectivity index (χ0) is 35.9. The number of anilines is 1. The van der Waals surface area contributed by atoms with Gasteiger partial charge in [-0.1, -0.05) is 26.0 Å². The second-order valence-electron chi connectivity index (χ2n) is 11.0. The van der Waals surface area contributed by atoms with Gasteiger partial charge in [0.25, 0.3) is 5.95 Å². The van der Waals surface area contributed by atoms with Crippen LogP contribution in [0, 0.1) is 5.92 Å². The van der Waals surface area contributed by atoms with Crippen LogP contribution in [0.25, 0.3) is 5.70 Å². The number of allylic oxidation sites excluding steroid dienone is 1. The fourth-order valence-corrected chi connectivity index (χ4v) is 4.94. The van der Waals surface area contributed by atoms with Gasteiger partial charge in [0.2, 0.25) is 0 Å². The highest BCUT2D eigenvalue weighted by molar-refractivity contribution is 7.84. The Labute approximate surface area is 277 Å². The summed E-state index contributed by atoms with van der Waals surface area (Å²) in [4.78, 5) is 10.2. The number of hydrogen-bond acceptors (Lipinski definition) is 6. The molecule has 0 bridgehead atoms. The number of benzene rings is 2. The Kier molecular flexibility index (Phi) is 13.1. The Hall–Kier alpha value is -3.60. The standard InChI is InChI=1S/C23H33F3N6OS.C8H4F6/c1-4-10-31(22-29-30(3)32(22)27)15-17-13-18(23(24,25)26)6-7-19(17)21(20(34)5-2)28-14-16-8-11-33-12-9-16;9-7(10,11)5-2-1-3-6(4-5)8(12,13)14/h6-7,13-14,16,34H,4-5,8-12,15,27H2,1-3H3;1-4H/b21-20-,28-14?;. The number of nitrogens with two attached hydrogens (primary N) is 1. The van der Waals surface area contributed by atoms with Crippen molar-refractivity contribution in [1.82, 2.24) is 14.7 Å². The zero-order valence-electron chi connectivity index (χ0n) is 26.4. The number of aromatic nitrogens is 3. The molecular formula is C31H37F9N6OS. The van der Waals surface area contributed by atoms with Crippen LogP contribution in [-0.4, -0.2) is 40.7 Å². The molecule has 3 aromatic rings. The van der Waals surface area contributed by atoms with Crippen LogP contribution in [0.2, 0.25) is 0 Å². The lowest BCUT2D eigenvalue weighted by Crippen LogP contribution is -2.40. The number of aliphatic imine (C=N–C) groups is 1. The van der Waals surface area contributed by atoms with Crippen molar-refractivity contribution in [2.45, 2.75) is 64.6 Å². The Bertz CT molecular complexity index is 1520. The van der Waals surface area contributed by atoms with E-state index in [1.165, 1.54) is 21.7 Å². The molecule has 1 aliphatic rings. The lowest BCUT2D eigenvalue weighted by molar-refractivity contribution is -0.143. The van der Waals surface area contributed by atoms with Crippen LogP contribution < -0.4 is 10.7 Å². The fourth-order valence-electron chi connectivity index (χ4n) is 4.76. The van der Waals surface area contributed by atoms with Crippen LogP contribution in [0.1, 0.15) is 67.3 Å². The molecule has 2 heterocycles. The normalized spacial score (nSPS) is 15.4. The van der Waals surface area contributed by atoms with Crippen LogP contribution in [0.4, 0.5) is 45.5 Å². The molecule has 266 valence electrons. The van der Waals surface area contributed by atoms with Crippen LogP contribution in [0.3, 0.4) is 0 Å². The SMILES string of the molecule is CCCN(Cc1cc(C(F)(F)F)ccc1/C(N=CC1CCOCC1)=C(/S)CC)c1nn(C)n1N.FC(F)(F)c1cccc(C(F)(F)F)c1. The minimum absolute atomic E-state index is 0.0833. The topological polar surface area (TPSA) is 73.6 Å². The van der Waals surface area contributed by atoms with Gasteiger partial charge in [-0.15, -0.1) is 22.5 Å². The maximum Gasteiger partial charge on any atom is 0.416 e. The first-order valence-corrected chi connectivity index (χ1v) is 15.4. The number of rotatable bonds is 9. The van der Waals surface area contributed by atoms with Gasteiger partial charge in [-0.3, -0.25) is 4.99 Å². The molecule has 0 spiro atoms. The number of ether oxygens (including phenoxy) is 1. The zero-order valence-corrected chi connectivity index (χ0v) is 27.3. The summed E-state index contributed by atoms with van der Waals surface area (Å²) in [7, 11) is 1.70. The third kappa shape index (κ3) is 10.4. The van der Waals surface area contributed by atoms with E-state index in [1.807, 2.05) is 25.0 Å². The third-order valence-electron chi connectivity index (χ3n) is 7.38. The Morgan fingerprint density at radius 3 is 2.00 bits per heavy atom. The van der Waals surface area contributed by atoms with Crippen LogP contribution in [0.5, 0.6) is 0 Å². The number of hydrogen-bond donors (Lipinski definition) is 2. The average molecular weight is 713 g/mol. The Morgan fingerprint density at radius 2 is 1.52 bits per heavy atom. The Morgan fingerprint density at radius 1 is 0.958 bits per heavy atom. The van der Waals surface area contributed by atoms with E-state index in [9.17, 15) is 39.5 Å². The van der Waals surface area contributed by atoms with E-state index in [0.717, 1.165) is 31.4 Å². The summed E-state index contributed by atoms with van der Waals surface area (Å²) in [6.07, 6.45) is -8.94. The first kappa shape index (κ1) is 38.8. The van der Waals surface area contributed by atoms with Gasteiger partial charge in [-0.2, -0.15) is 44.3 Å². The molecule has 0 saturated carbocycles. The monoisotopic (exact) mass is 712 g/mol. The molecule has 7 nitrogen and oxygen atoms in total. The lowest BCUT2D eigenvalue weighted by atomic mass is 9.98. The van der Waals surface area contributed by atoms with Crippen molar-refractivity contribution >= 4 is 30.5 Å². The summed E-state index contributed by atoms with van der Waals surface area (Å²) >= 11 is 4.64. The number of aryl methyl sites for hydroxylation is 1. The van der Waals surface area contributed by atoms with E-state index in [1.54, 1.807) is 7.05 Å². The minimum atomic E-state index is -4.75. The highest BCUT2D eigenvalue weighted by Crippen LogP contribution is 2.36. The summed E-state index contributed by atoms with van der Waals surface area (Å²) in [5.41, 5.74) is -1.59. The highest BCUT2D eigenvalue weighted by atomic mass is 32.1. The van der Waals surface area contributed by atoms with Gasteiger partial charge in [0.05, 0.1) is 22.4 Å². The predicted molar refractivity (Wildman–Crippen MR) is 169 cm³/mol. The molecule has 0 aliphatic carbocycles. The number of nitrogen functional groups attached to an aromatic ring is 1. The Balaban J connectivity index is 0.000000373. The van der Waals surface area contributed by atoms with Gasteiger partial charge < -0.3 is 15.5 Å². The number of halogens is 9. The second kappa shape index (κ2) is 16.2. The van der Waals surface area contributed by atoms with Crippen molar-refractivity contribution in [3.8, 4) is 0 Å². The molecule has 48 heavy (non-hydrogen) atoms.